The van der Waals surface area contributed by atoms with Gasteiger partial charge < -0.3 is 4.74 Å². The molecule has 5 atom stereocenters. The first kappa shape index (κ1) is 11.9. The molecule has 1 aliphatic heterocycles. The predicted molar refractivity (Wildman–Crippen MR) is 63.9 cm³/mol. The van der Waals surface area contributed by atoms with Gasteiger partial charge in [-0.15, -0.1) is 0 Å². The second-order valence-electron chi connectivity index (χ2n) is 6.13. The Bertz CT molecular complexity index is 286. The highest BCUT2D eigenvalue weighted by atomic mass is 16.6. The summed E-state index contributed by atoms with van der Waals surface area (Å²) in [7, 11) is 0. The molecule has 2 heteroatoms. The Kier molecular flexibility index (Phi) is 3.02. The maximum absolute atomic E-state index is 11.6. The van der Waals surface area contributed by atoms with Gasteiger partial charge in [0.1, 0.15) is 6.10 Å². The quantitative estimate of drug-likeness (QED) is 0.672. The monoisotopic (exact) mass is 224 g/mol. The summed E-state index contributed by atoms with van der Waals surface area (Å²) in [4.78, 5) is 11.6. The highest BCUT2D eigenvalue weighted by Crippen LogP contribution is 2.50. The third-order valence-corrected chi connectivity index (χ3v) is 5.28. The van der Waals surface area contributed by atoms with Gasteiger partial charge in [0, 0.05) is 5.92 Å². The molecule has 2 fully saturated rings. The minimum absolute atomic E-state index is 0.0309. The Hall–Kier alpha value is -0.530. The molecular weight excluding hydrogens is 200 g/mol. The van der Waals surface area contributed by atoms with Crippen LogP contribution in [0.3, 0.4) is 0 Å². The number of carbonyl (C=O) groups excluding carboxylic acids is 1. The van der Waals surface area contributed by atoms with Crippen molar-refractivity contribution in [2.24, 2.45) is 23.2 Å². The van der Waals surface area contributed by atoms with E-state index in [0.717, 1.165) is 12.3 Å². The van der Waals surface area contributed by atoms with Gasteiger partial charge >= 0.3 is 5.97 Å². The van der Waals surface area contributed by atoms with Crippen LogP contribution < -0.4 is 0 Å². The molecule has 92 valence electrons. The van der Waals surface area contributed by atoms with Crippen molar-refractivity contribution < 1.29 is 9.53 Å². The first-order valence-corrected chi connectivity index (χ1v) is 6.68. The van der Waals surface area contributed by atoms with Crippen LogP contribution in [0.4, 0.5) is 0 Å². The van der Waals surface area contributed by atoms with Gasteiger partial charge in [0.2, 0.25) is 0 Å². The molecule has 0 amide bonds. The van der Waals surface area contributed by atoms with Crippen molar-refractivity contribution in [2.75, 3.05) is 0 Å². The molecular formula is C14H24O2. The molecule has 4 unspecified atom stereocenters. The van der Waals surface area contributed by atoms with E-state index in [1.54, 1.807) is 0 Å². The van der Waals surface area contributed by atoms with Gasteiger partial charge in [0.25, 0.3) is 0 Å². The highest BCUT2D eigenvalue weighted by molar-refractivity contribution is 5.74. The van der Waals surface area contributed by atoms with Crippen LogP contribution in [-0.4, -0.2) is 12.1 Å². The fourth-order valence-corrected chi connectivity index (χ4v) is 3.47. The SMILES string of the molecule is CCC(C)C1(C)CCC2C(C1)OC(=O)[C@@H]2C. The Morgan fingerprint density at radius 3 is 2.88 bits per heavy atom. The fourth-order valence-electron chi connectivity index (χ4n) is 3.47. The van der Waals surface area contributed by atoms with E-state index in [0.29, 0.717) is 11.3 Å². The molecule has 1 heterocycles. The van der Waals surface area contributed by atoms with Crippen molar-refractivity contribution >= 4 is 5.97 Å². The molecule has 16 heavy (non-hydrogen) atoms. The maximum atomic E-state index is 11.6. The molecule has 2 aliphatic rings. The highest BCUT2D eigenvalue weighted by Gasteiger charge is 2.49. The lowest BCUT2D eigenvalue weighted by molar-refractivity contribution is -0.145. The summed E-state index contributed by atoms with van der Waals surface area (Å²) >= 11 is 0. The van der Waals surface area contributed by atoms with E-state index in [1.165, 1.54) is 19.3 Å². The van der Waals surface area contributed by atoms with Gasteiger partial charge in [-0.3, -0.25) is 4.79 Å². The van der Waals surface area contributed by atoms with Gasteiger partial charge in [-0.25, -0.2) is 0 Å². The second kappa shape index (κ2) is 4.05. The predicted octanol–water partition coefficient (Wildman–Crippen LogP) is 3.40. The van der Waals surface area contributed by atoms with E-state index in [-0.39, 0.29) is 18.0 Å². The second-order valence-corrected chi connectivity index (χ2v) is 6.13. The molecule has 1 saturated carbocycles. The Morgan fingerprint density at radius 1 is 1.56 bits per heavy atom. The van der Waals surface area contributed by atoms with Crippen LogP contribution in [0.25, 0.3) is 0 Å². The standard InChI is InChI=1S/C14H24O2/c1-5-9(2)14(4)7-6-11-10(3)13(15)16-12(11)8-14/h9-12H,5-8H2,1-4H3/t9?,10-,11?,12?,14?/m1/s1. The number of hydrogen-bond acceptors (Lipinski definition) is 2. The van der Waals surface area contributed by atoms with Crippen LogP contribution in [0.1, 0.15) is 53.4 Å². The van der Waals surface area contributed by atoms with Crippen molar-refractivity contribution in [2.45, 2.75) is 59.5 Å². The minimum Gasteiger partial charge on any atom is -0.462 e. The maximum Gasteiger partial charge on any atom is 0.309 e. The van der Waals surface area contributed by atoms with E-state index < -0.39 is 0 Å². The lowest BCUT2D eigenvalue weighted by Gasteiger charge is -2.43. The van der Waals surface area contributed by atoms with Gasteiger partial charge in [0.15, 0.2) is 0 Å². The van der Waals surface area contributed by atoms with Crippen LogP contribution in [0, 0.1) is 23.2 Å². The molecule has 1 aliphatic carbocycles. The number of ether oxygens (including phenoxy) is 1. The van der Waals surface area contributed by atoms with Gasteiger partial charge in [-0.1, -0.05) is 34.1 Å². The van der Waals surface area contributed by atoms with E-state index in [4.69, 9.17) is 4.74 Å². The van der Waals surface area contributed by atoms with Gasteiger partial charge in [0.05, 0.1) is 5.92 Å². The third kappa shape index (κ3) is 1.76. The van der Waals surface area contributed by atoms with Crippen LogP contribution in [0.15, 0.2) is 0 Å². The summed E-state index contributed by atoms with van der Waals surface area (Å²) in [6, 6.07) is 0. The summed E-state index contributed by atoms with van der Waals surface area (Å²) in [6.45, 7) is 8.99. The fraction of sp³-hybridized carbons (Fsp3) is 0.929. The molecule has 2 nitrogen and oxygen atoms in total. The topological polar surface area (TPSA) is 26.3 Å². The first-order valence-electron chi connectivity index (χ1n) is 6.68. The van der Waals surface area contributed by atoms with Crippen molar-refractivity contribution in [3.05, 3.63) is 0 Å². The summed E-state index contributed by atoms with van der Waals surface area (Å²) in [5.74, 6) is 1.38. The van der Waals surface area contributed by atoms with Crippen LogP contribution in [-0.2, 0) is 9.53 Å². The lowest BCUT2D eigenvalue weighted by Crippen LogP contribution is -2.38. The average molecular weight is 224 g/mol. The number of carbonyl (C=O) groups is 1. The largest absolute Gasteiger partial charge is 0.462 e. The van der Waals surface area contributed by atoms with Gasteiger partial charge in [-0.2, -0.15) is 0 Å². The lowest BCUT2D eigenvalue weighted by atomic mass is 9.62. The number of hydrogen-bond donors (Lipinski definition) is 0. The van der Waals surface area contributed by atoms with Crippen LogP contribution in [0.2, 0.25) is 0 Å². The molecule has 2 rings (SSSR count). The van der Waals surface area contributed by atoms with Crippen LogP contribution >= 0.6 is 0 Å². The summed E-state index contributed by atoms with van der Waals surface area (Å²) in [5.41, 5.74) is 0.375. The third-order valence-electron chi connectivity index (χ3n) is 5.28. The van der Waals surface area contributed by atoms with E-state index in [2.05, 4.69) is 20.8 Å². The minimum atomic E-state index is 0.0309. The van der Waals surface area contributed by atoms with E-state index >= 15 is 0 Å². The zero-order valence-electron chi connectivity index (χ0n) is 11.0. The summed E-state index contributed by atoms with van der Waals surface area (Å²) in [5, 5.41) is 0. The normalized spacial score (nSPS) is 45.0. The summed E-state index contributed by atoms with van der Waals surface area (Å²) in [6.07, 6.45) is 4.91. The molecule has 0 N–H and O–H groups in total. The van der Waals surface area contributed by atoms with Crippen molar-refractivity contribution in [1.29, 1.82) is 0 Å². The Balaban J connectivity index is 2.09. The smallest absolute Gasteiger partial charge is 0.309 e. The Morgan fingerprint density at radius 2 is 2.25 bits per heavy atom. The average Bonchev–Trinajstić information content (AvgIpc) is 2.53. The zero-order valence-corrected chi connectivity index (χ0v) is 11.0. The molecule has 0 spiro atoms. The number of rotatable bonds is 2. The molecule has 0 aromatic carbocycles. The van der Waals surface area contributed by atoms with Crippen molar-refractivity contribution in [3.63, 3.8) is 0 Å². The molecule has 0 bridgehead atoms. The molecule has 0 radical (unpaired) electrons. The van der Waals surface area contributed by atoms with Crippen LogP contribution in [0.5, 0.6) is 0 Å². The van der Waals surface area contributed by atoms with Gasteiger partial charge in [-0.05, 0) is 30.6 Å². The van der Waals surface area contributed by atoms with E-state index in [1.807, 2.05) is 6.92 Å². The summed E-state index contributed by atoms with van der Waals surface area (Å²) < 4.78 is 5.53. The van der Waals surface area contributed by atoms with Crippen molar-refractivity contribution in [3.8, 4) is 0 Å². The van der Waals surface area contributed by atoms with E-state index in [9.17, 15) is 4.79 Å². The number of fused-ring (bicyclic) bond motifs is 1. The Labute approximate surface area is 98.7 Å². The van der Waals surface area contributed by atoms with Crippen molar-refractivity contribution in [1.82, 2.24) is 0 Å². The number of esters is 1. The molecule has 0 aromatic heterocycles. The molecule has 0 aromatic rings. The zero-order chi connectivity index (χ0) is 11.9. The first-order chi connectivity index (χ1) is 7.48. The molecule has 1 saturated heterocycles.